The second kappa shape index (κ2) is 58.4. The van der Waals surface area contributed by atoms with Crippen LogP contribution in [0.1, 0.15) is 316 Å². The maximum Gasteiger partial charge on any atom is 0.305 e. The third-order valence-corrected chi connectivity index (χ3v) is 13.8. The maximum absolute atomic E-state index is 12.5. The summed E-state index contributed by atoms with van der Waals surface area (Å²) in [4.78, 5) is 24.5. The summed E-state index contributed by atoms with van der Waals surface area (Å²) in [5, 5.41) is 23.1. The van der Waals surface area contributed by atoms with Gasteiger partial charge in [0, 0.05) is 12.8 Å². The van der Waals surface area contributed by atoms with Gasteiger partial charge in [0.1, 0.15) is 0 Å². The van der Waals surface area contributed by atoms with E-state index in [1.807, 2.05) is 6.08 Å². The number of unbranched alkanes of at least 4 members (excludes halogenated alkanes) is 39. The van der Waals surface area contributed by atoms with Gasteiger partial charge in [-0.2, -0.15) is 0 Å². The van der Waals surface area contributed by atoms with Gasteiger partial charge in [-0.25, -0.2) is 0 Å². The highest BCUT2D eigenvalue weighted by Crippen LogP contribution is 2.16. The van der Waals surface area contributed by atoms with Crippen molar-refractivity contribution in [3.05, 3.63) is 48.6 Å². The summed E-state index contributed by atoms with van der Waals surface area (Å²) < 4.78 is 5.49. The molecule has 0 aliphatic carbocycles. The van der Waals surface area contributed by atoms with Crippen LogP contribution in [0.2, 0.25) is 0 Å². The normalized spacial score (nSPS) is 12.9. The molecule has 0 heterocycles. The van der Waals surface area contributed by atoms with E-state index in [0.717, 1.165) is 70.6 Å². The number of nitrogens with one attached hydrogen (secondary N) is 1. The molecule has 0 aromatic heterocycles. The van der Waals surface area contributed by atoms with Gasteiger partial charge in [-0.3, -0.25) is 9.59 Å². The van der Waals surface area contributed by atoms with E-state index in [2.05, 4.69) is 55.6 Å². The molecule has 0 spiro atoms. The molecule has 0 saturated carbocycles. The predicted molar refractivity (Wildman–Crippen MR) is 301 cm³/mol. The molecule has 0 aromatic rings. The summed E-state index contributed by atoms with van der Waals surface area (Å²) >= 11 is 0. The Balaban J connectivity index is 3.46. The molecule has 6 nitrogen and oxygen atoms in total. The molecule has 2 unspecified atom stereocenters. The van der Waals surface area contributed by atoms with Gasteiger partial charge in [-0.1, -0.05) is 262 Å². The fourth-order valence-electron chi connectivity index (χ4n) is 9.13. The molecule has 0 rings (SSSR count). The van der Waals surface area contributed by atoms with Crippen molar-refractivity contribution in [2.24, 2.45) is 0 Å². The third kappa shape index (κ3) is 55.0. The standard InChI is InChI=1S/C63H117NO5/c1-3-5-7-9-11-13-15-17-19-20-21-25-29-33-37-41-45-49-53-57-63(68)69-58-54-50-46-42-38-34-30-26-23-22-24-28-32-36-40-44-48-52-56-62(67)64-60(59-65)61(66)55-51-47-43-39-35-31-27-18-16-14-12-10-8-6-4-2/h11,13,17,19,24,28,51,55,60-61,65-66H,3-10,12,14-16,18,20-23,25-27,29-50,52-54,56-59H2,1-2H3,(H,64,67)/b13-11-,19-17-,28-24-,55-51+. The number of rotatable bonds is 56. The van der Waals surface area contributed by atoms with Crippen molar-refractivity contribution >= 4 is 11.9 Å². The molecule has 0 aliphatic heterocycles. The first-order valence-corrected chi connectivity index (χ1v) is 30.4. The zero-order chi connectivity index (χ0) is 50.0. The van der Waals surface area contributed by atoms with E-state index in [0.29, 0.717) is 19.4 Å². The molecule has 69 heavy (non-hydrogen) atoms. The minimum absolute atomic E-state index is 0.00196. The Labute approximate surface area is 429 Å². The van der Waals surface area contributed by atoms with E-state index < -0.39 is 12.1 Å². The van der Waals surface area contributed by atoms with E-state index in [9.17, 15) is 19.8 Å². The Morgan fingerprint density at radius 1 is 0.406 bits per heavy atom. The fraction of sp³-hybridized carbons (Fsp3) is 0.841. The Bertz CT molecular complexity index is 1160. The minimum Gasteiger partial charge on any atom is -0.466 e. The first-order chi connectivity index (χ1) is 34.0. The summed E-state index contributed by atoms with van der Waals surface area (Å²) in [7, 11) is 0. The maximum atomic E-state index is 12.5. The van der Waals surface area contributed by atoms with Gasteiger partial charge < -0.3 is 20.3 Å². The van der Waals surface area contributed by atoms with E-state index in [-0.39, 0.29) is 18.5 Å². The number of aliphatic hydroxyl groups excluding tert-OH is 2. The van der Waals surface area contributed by atoms with Crippen LogP contribution in [0.15, 0.2) is 48.6 Å². The minimum atomic E-state index is -0.854. The number of aliphatic hydroxyl groups is 2. The lowest BCUT2D eigenvalue weighted by Gasteiger charge is -2.20. The Hall–Kier alpha value is -2.18. The van der Waals surface area contributed by atoms with Gasteiger partial charge in [0.25, 0.3) is 0 Å². The monoisotopic (exact) mass is 968 g/mol. The van der Waals surface area contributed by atoms with Crippen LogP contribution in [-0.4, -0.2) is 47.4 Å². The van der Waals surface area contributed by atoms with E-state index in [4.69, 9.17) is 4.74 Å². The Morgan fingerprint density at radius 3 is 1.14 bits per heavy atom. The van der Waals surface area contributed by atoms with Crippen LogP contribution in [0.25, 0.3) is 0 Å². The fourth-order valence-corrected chi connectivity index (χ4v) is 9.13. The van der Waals surface area contributed by atoms with Crippen LogP contribution in [0.3, 0.4) is 0 Å². The molecular formula is C63H117NO5. The molecule has 0 fully saturated rings. The van der Waals surface area contributed by atoms with Crippen molar-refractivity contribution in [2.45, 2.75) is 328 Å². The number of carbonyl (C=O) groups excluding carboxylic acids is 2. The SMILES string of the molecule is CCCCC/C=C\C/C=C\CCCCCCCCCCCC(=O)OCCCCCCCCCCC/C=C\CCCCCCCC(=O)NC(CO)C(O)/C=C/CCCCCCCCCCCCCCC. The summed E-state index contributed by atoms with van der Waals surface area (Å²) in [6.07, 6.45) is 74.2. The summed E-state index contributed by atoms with van der Waals surface area (Å²) in [6, 6.07) is -0.639. The highest BCUT2D eigenvalue weighted by atomic mass is 16.5. The molecule has 0 aliphatic rings. The summed E-state index contributed by atoms with van der Waals surface area (Å²) in [5.74, 6) is -0.0841. The largest absolute Gasteiger partial charge is 0.466 e. The molecule has 0 aromatic carbocycles. The van der Waals surface area contributed by atoms with Crippen molar-refractivity contribution in [2.75, 3.05) is 13.2 Å². The van der Waals surface area contributed by atoms with Gasteiger partial charge >= 0.3 is 5.97 Å². The number of carbonyl (C=O) groups is 2. The van der Waals surface area contributed by atoms with E-state index in [1.54, 1.807) is 6.08 Å². The van der Waals surface area contributed by atoms with Crippen molar-refractivity contribution in [3.8, 4) is 0 Å². The second-order valence-corrected chi connectivity index (χ2v) is 20.7. The number of allylic oxidation sites excluding steroid dienone is 7. The number of esters is 1. The second-order valence-electron chi connectivity index (χ2n) is 20.7. The molecule has 1 amide bonds. The summed E-state index contributed by atoms with van der Waals surface area (Å²) in [6.45, 7) is 4.87. The van der Waals surface area contributed by atoms with Crippen molar-refractivity contribution in [3.63, 3.8) is 0 Å². The third-order valence-electron chi connectivity index (χ3n) is 13.8. The van der Waals surface area contributed by atoms with Crippen molar-refractivity contribution < 1.29 is 24.5 Å². The molecule has 2 atom stereocenters. The zero-order valence-electron chi connectivity index (χ0n) is 46.0. The first-order valence-electron chi connectivity index (χ1n) is 30.4. The lowest BCUT2D eigenvalue weighted by Crippen LogP contribution is -2.45. The predicted octanol–water partition coefficient (Wildman–Crippen LogP) is 19.0. The average Bonchev–Trinajstić information content (AvgIpc) is 3.35. The Morgan fingerprint density at radius 2 is 0.725 bits per heavy atom. The molecule has 404 valence electrons. The quantitative estimate of drug-likeness (QED) is 0.0321. The van der Waals surface area contributed by atoms with Crippen LogP contribution in [-0.2, 0) is 14.3 Å². The number of hydrogen-bond donors (Lipinski definition) is 3. The molecule has 0 radical (unpaired) electrons. The van der Waals surface area contributed by atoms with Gasteiger partial charge in [0.2, 0.25) is 5.91 Å². The van der Waals surface area contributed by atoms with Gasteiger partial charge in [0.05, 0.1) is 25.4 Å². The van der Waals surface area contributed by atoms with Crippen LogP contribution in [0.4, 0.5) is 0 Å². The van der Waals surface area contributed by atoms with Crippen LogP contribution >= 0.6 is 0 Å². The molecule has 3 N–H and O–H groups in total. The number of amides is 1. The molecule has 0 saturated heterocycles. The zero-order valence-corrected chi connectivity index (χ0v) is 46.0. The molecular weight excluding hydrogens is 851 g/mol. The highest BCUT2D eigenvalue weighted by Gasteiger charge is 2.18. The number of ether oxygens (including phenoxy) is 1. The smallest absolute Gasteiger partial charge is 0.305 e. The van der Waals surface area contributed by atoms with Crippen molar-refractivity contribution in [1.82, 2.24) is 5.32 Å². The Kier molecular flexibility index (Phi) is 56.5. The van der Waals surface area contributed by atoms with Crippen LogP contribution < -0.4 is 5.32 Å². The van der Waals surface area contributed by atoms with E-state index >= 15 is 0 Å². The lowest BCUT2D eigenvalue weighted by molar-refractivity contribution is -0.143. The average molecular weight is 969 g/mol. The number of hydrogen-bond acceptors (Lipinski definition) is 5. The first kappa shape index (κ1) is 66.8. The highest BCUT2D eigenvalue weighted by molar-refractivity contribution is 5.76. The summed E-state index contributed by atoms with van der Waals surface area (Å²) in [5.41, 5.74) is 0. The van der Waals surface area contributed by atoms with Crippen LogP contribution in [0, 0.1) is 0 Å². The molecule has 6 heteroatoms. The van der Waals surface area contributed by atoms with Gasteiger partial charge in [-0.15, -0.1) is 0 Å². The molecule has 0 bridgehead atoms. The topological polar surface area (TPSA) is 95.9 Å². The van der Waals surface area contributed by atoms with E-state index in [1.165, 1.54) is 218 Å². The lowest BCUT2D eigenvalue weighted by atomic mass is 10.0. The van der Waals surface area contributed by atoms with Crippen LogP contribution in [0.5, 0.6) is 0 Å². The van der Waals surface area contributed by atoms with Gasteiger partial charge in [0.15, 0.2) is 0 Å². The van der Waals surface area contributed by atoms with Gasteiger partial charge in [-0.05, 0) is 89.9 Å². The van der Waals surface area contributed by atoms with Crippen molar-refractivity contribution in [1.29, 1.82) is 0 Å².